The monoisotopic (exact) mass is 440 g/mol. The van der Waals surface area contributed by atoms with E-state index in [0.717, 1.165) is 11.1 Å². The van der Waals surface area contributed by atoms with Crippen LogP contribution in [-0.2, 0) is 4.74 Å². The Bertz CT molecular complexity index is 1430. The number of hydrogen-bond acceptors (Lipinski definition) is 4. The van der Waals surface area contributed by atoms with Crippen LogP contribution < -0.4 is 4.74 Å². The number of pyridine rings is 1. The minimum absolute atomic E-state index is 0.231. The molecule has 0 bridgehead atoms. The highest BCUT2D eigenvalue weighted by Crippen LogP contribution is 2.41. The van der Waals surface area contributed by atoms with Gasteiger partial charge in [0.2, 0.25) is 0 Å². The molecule has 0 unspecified atom stereocenters. The molecule has 0 amide bonds. The van der Waals surface area contributed by atoms with Gasteiger partial charge in [0, 0.05) is 16.6 Å². The summed E-state index contributed by atoms with van der Waals surface area (Å²) >= 11 is 0. The van der Waals surface area contributed by atoms with Crippen molar-refractivity contribution in [3.63, 3.8) is 0 Å². The third-order valence-electron chi connectivity index (χ3n) is 5.57. The Kier molecular flexibility index (Phi) is 5.26. The minimum atomic E-state index is -0.474. The highest BCUT2D eigenvalue weighted by Gasteiger charge is 2.27. The fraction of sp³-hybridized carbons (Fsp3) is 0.111. The Morgan fingerprint density at radius 1 is 1.00 bits per heavy atom. The van der Waals surface area contributed by atoms with Gasteiger partial charge in [-0.05, 0) is 61.0 Å². The number of ether oxygens (including phenoxy) is 2. The number of benzene rings is 3. The fourth-order valence-electron chi connectivity index (χ4n) is 4.09. The van der Waals surface area contributed by atoms with Crippen molar-refractivity contribution in [1.82, 2.24) is 9.55 Å². The predicted molar refractivity (Wildman–Crippen MR) is 126 cm³/mol. The SMILES string of the molecule is CCOC(=O)c1cc(-c2ccccc2)c2nc3ccc(F)cc3c-2n1-c1ccc(OC)cc1. The summed E-state index contributed by atoms with van der Waals surface area (Å²) in [6, 6.07) is 23.3. The summed E-state index contributed by atoms with van der Waals surface area (Å²) in [5.41, 5.74) is 4.67. The molecule has 5 rings (SSSR count). The smallest absolute Gasteiger partial charge is 0.355 e. The second-order valence-electron chi connectivity index (χ2n) is 7.53. The van der Waals surface area contributed by atoms with Crippen LogP contribution in [0.5, 0.6) is 5.75 Å². The third-order valence-corrected chi connectivity index (χ3v) is 5.57. The van der Waals surface area contributed by atoms with E-state index in [1.807, 2.05) is 54.6 Å². The number of aromatic nitrogens is 2. The molecule has 0 fully saturated rings. The number of rotatable bonds is 5. The van der Waals surface area contributed by atoms with Crippen LogP contribution >= 0.6 is 0 Å². The van der Waals surface area contributed by atoms with Gasteiger partial charge >= 0.3 is 5.97 Å². The molecule has 0 N–H and O–H groups in total. The first-order valence-corrected chi connectivity index (χ1v) is 10.6. The number of hydrogen-bond donors (Lipinski definition) is 0. The zero-order valence-electron chi connectivity index (χ0n) is 18.2. The Labute approximate surface area is 190 Å². The van der Waals surface area contributed by atoms with Gasteiger partial charge in [-0.3, -0.25) is 0 Å². The largest absolute Gasteiger partial charge is 0.497 e. The molecule has 0 saturated carbocycles. The molecule has 5 nitrogen and oxygen atoms in total. The standard InChI is InChI=1S/C27H21FN2O3/c1-3-33-27(31)24-16-21(17-7-5-4-6-8-17)25-26(22-15-18(28)9-14-23(22)29-25)30(24)19-10-12-20(32-2)13-11-19/h4-16H,3H2,1-2H3. The minimum Gasteiger partial charge on any atom is -0.497 e. The highest BCUT2D eigenvalue weighted by atomic mass is 19.1. The number of nitrogens with zero attached hydrogens (tertiary/aromatic N) is 2. The van der Waals surface area contributed by atoms with E-state index in [0.29, 0.717) is 39.4 Å². The van der Waals surface area contributed by atoms with Crippen LogP contribution in [0.3, 0.4) is 0 Å². The molecule has 0 spiro atoms. The average molecular weight is 440 g/mol. The van der Waals surface area contributed by atoms with E-state index in [1.165, 1.54) is 12.1 Å². The van der Waals surface area contributed by atoms with Crippen molar-refractivity contribution in [2.45, 2.75) is 6.92 Å². The van der Waals surface area contributed by atoms with E-state index < -0.39 is 5.97 Å². The number of methoxy groups -OCH3 is 1. The van der Waals surface area contributed by atoms with Crippen LogP contribution in [0.15, 0.2) is 78.9 Å². The molecule has 3 aromatic rings. The van der Waals surface area contributed by atoms with Crippen LogP contribution in [0.1, 0.15) is 17.4 Å². The molecule has 6 heteroatoms. The Hall–Kier alpha value is -4.19. The van der Waals surface area contributed by atoms with Gasteiger partial charge in [0.1, 0.15) is 17.3 Å². The first-order valence-electron chi connectivity index (χ1n) is 10.6. The lowest BCUT2D eigenvalue weighted by atomic mass is 9.99. The maximum absolute atomic E-state index is 14.3. The Morgan fingerprint density at radius 2 is 1.76 bits per heavy atom. The number of halogens is 1. The molecule has 2 aliphatic rings. The van der Waals surface area contributed by atoms with Crippen molar-refractivity contribution in [2.75, 3.05) is 13.7 Å². The molecule has 2 aliphatic heterocycles. The predicted octanol–water partition coefficient (Wildman–Crippen LogP) is 6.12. The lowest BCUT2D eigenvalue weighted by Gasteiger charge is -2.21. The maximum atomic E-state index is 14.3. The summed E-state index contributed by atoms with van der Waals surface area (Å²) < 4.78 is 26.8. The van der Waals surface area contributed by atoms with E-state index in [9.17, 15) is 9.18 Å². The average Bonchev–Trinajstić information content (AvgIpc) is 3.22. The van der Waals surface area contributed by atoms with E-state index in [-0.39, 0.29) is 12.4 Å². The van der Waals surface area contributed by atoms with E-state index in [1.54, 1.807) is 30.7 Å². The molecule has 2 heterocycles. The van der Waals surface area contributed by atoms with Crippen molar-refractivity contribution in [2.24, 2.45) is 0 Å². The molecule has 0 atom stereocenters. The lowest BCUT2D eigenvalue weighted by molar-refractivity contribution is 0.0516. The van der Waals surface area contributed by atoms with Gasteiger partial charge in [0.15, 0.2) is 0 Å². The number of fused-ring (bicyclic) bond motifs is 3. The first kappa shape index (κ1) is 20.7. The van der Waals surface area contributed by atoms with Crippen molar-refractivity contribution in [3.8, 4) is 34.0 Å². The van der Waals surface area contributed by atoms with E-state index in [4.69, 9.17) is 14.5 Å². The second-order valence-corrected chi connectivity index (χ2v) is 7.53. The molecule has 164 valence electrons. The first-order chi connectivity index (χ1) is 16.1. The summed E-state index contributed by atoms with van der Waals surface area (Å²) in [5.74, 6) is -0.162. The van der Waals surface area contributed by atoms with Gasteiger partial charge < -0.3 is 14.0 Å². The molecule has 33 heavy (non-hydrogen) atoms. The number of carbonyl (C=O) groups is 1. The van der Waals surface area contributed by atoms with Gasteiger partial charge in [-0.15, -0.1) is 0 Å². The van der Waals surface area contributed by atoms with Gasteiger partial charge in [0.05, 0.1) is 30.6 Å². The van der Waals surface area contributed by atoms with Gasteiger partial charge in [0.25, 0.3) is 0 Å². The second kappa shape index (κ2) is 8.39. The van der Waals surface area contributed by atoms with E-state index >= 15 is 0 Å². The zero-order valence-corrected chi connectivity index (χ0v) is 18.2. The molecule has 3 aromatic carbocycles. The zero-order chi connectivity index (χ0) is 22.9. The Balaban J connectivity index is 1.93. The summed E-state index contributed by atoms with van der Waals surface area (Å²) in [6.45, 7) is 2.00. The van der Waals surface area contributed by atoms with Crippen LogP contribution in [0.2, 0.25) is 0 Å². The van der Waals surface area contributed by atoms with Gasteiger partial charge in [-0.1, -0.05) is 30.3 Å². The fourth-order valence-corrected chi connectivity index (χ4v) is 4.09. The maximum Gasteiger partial charge on any atom is 0.355 e. The molecular weight excluding hydrogens is 419 g/mol. The quantitative estimate of drug-likeness (QED) is 0.309. The van der Waals surface area contributed by atoms with Gasteiger partial charge in [-0.25, -0.2) is 14.2 Å². The molecular formula is C27H21FN2O3. The highest BCUT2D eigenvalue weighted by molar-refractivity contribution is 6.04. The lowest BCUT2D eigenvalue weighted by Crippen LogP contribution is -2.16. The third kappa shape index (κ3) is 3.59. The van der Waals surface area contributed by atoms with Crippen LogP contribution in [0, 0.1) is 5.82 Å². The van der Waals surface area contributed by atoms with Crippen LogP contribution in [0.25, 0.3) is 39.1 Å². The van der Waals surface area contributed by atoms with Crippen molar-refractivity contribution >= 4 is 16.9 Å². The molecule has 0 saturated heterocycles. The summed E-state index contributed by atoms with van der Waals surface area (Å²) in [4.78, 5) is 18.0. The molecule has 0 radical (unpaired) electrons. The van der Waals surface area contributed by atoms with E-state index in [2.05, 4.69) is 0 Å². The van der Waals surface area contributed by atoms with Crippen molar-refractivity contribution in [3.05, 3.63) is 90.4 Å². The Morgan fingerprint density at radius 3 is 2.45 bits per heavy atom. The topological polar surface area (TPSA) is 53.3 Å². The van der Waals surface area contributed by atoms with Crippen LogP contribution in [-0.4, -0.2) is 29.2 Å². The van der Waals surface area contributed by atoms with Crippen LogP contribution in [0.4, 0.5) is 4.39 Å². The van der Waals surface area contributed by atoms with Crippen molar-refractivity contribution < 1.29 is 18.7 Å². The normalized spacial score (nSPS) is 11.1. The number of esters is 1. The molecule has 0 aliphatic carbocycles. The summed E-state index contributed by atoms with van der Waals surface area (Å²) in [5, 5.41) is 0.615. The molecule has 0 aromatic heterocycles. The number of carbonyl (C=O) groups excluding carboxylic acids is 1. The summed E-state index contributed by atoms with van der Waals surface area (Å²) in [6.07, 6.45) is 0. The van der Waals surface area contributed by atoms with Crippen molar-refractivity contribution in [1.29, 1.82) is 0 Å². The summed E-state index contributed by atoms with van der Waals surface area (Å²) in [7, 11) is 1.59. The van der Waals surface area contributed by atoms with Gasteiger partial charge in [-0.2, -0.15) is 0 Å².